The summed E-state index contributed by atoms with van der Waals surface area (Å²) in [6, 6.07) is 5.88. The quantitative estimate of drug-likeness (QED) is 0.549. The van der Waals surface area contributed by atoms with E-state index in [1.165, 1.54) is 18.7 Å². The Hall–Kier alpha value is -2.49. The smallest absolute Gasteiger partial charge is 0.251 e. The average molecular weight is 488 g/mol. The van der Waals surface area contributed by atoms with Crippen molar-refractivity contribution in [2.45, 2.75) is 48.9 Å². The van der Waals surface area contributed by atoms with Gasteiger partial charge in [0.2, 0.25) is 0 Å². The van der Waals surface area contributed by atoms with Gasteiger partial charge in [0.05, 0.1) is 17.1 Å². The molecular formula is C23H26ClN5O3S. The van der Waals surface area contributed by atoms with Gasteiger partial charge in [-0.15, -0.1) is 0 Å². The molecule has 2 aromatic heterocycles. The SMILES string of the molecule is C[C@H](O)C(=O)N1CCC(CCn2c(Sc3cc4c(cc3Cl)CCO4)nc3c(N)nccc32)C1. The zero-order valence-electron chi connectivity index (χ0n) is 18.3. The first-order chi connectivity index (χ1) is 15.9. The fourth-order valence-corrected chi connectivity index (χ4v) is 5.80. The molecule has 2 atom stereocenters. The van der Waals surface area contributed by atoms with Gasteiger partial charge < -0.3 is 25.0 Å². The normalized spacial score (nSPS) is 18.5. The molecule has 10 heteroatoms. The summed E-state index contributed by atoms with van der Waals surface area (Å²) in [7, 11) is 0. The van der Waals surface area contributed by atoms with Crippen molar-refractivity contribution in [1.29, 1.82) is 0 Å². The van der Waals surface area contributed by atoms with E-state index in [0.29, 0.717) is 42.0 Å². The van der Waals surface area contributed by atoms with Crippen molar-refractivity contribution in [2.75, 3.05) is 25.4 Å². The second-order valence-electron chi connectivity index (χ2n) is 8.60. The highest BCUT2D eigenvalue weighted by Gasteiger charge is 2.28. The zero-order chi connectivity index (χ0) is 23.1. The third kappa shape index (κ3) is 4.37. The molecule has 1 amide bonds. The van der Waals surface area contributed by atoms with Crippen LogP contribution in [0.3, 0.4) is 0 Å². The molecule has 0 saturated carbocycles. The van der Waals surface area contributed by atoms with Gasteiger partial charge in [-0.1, -0.05) is 11.6 Å². The molecule has 3 aromatic rings. The number of aliphatic hydroxyl groups excluding tert-OH is 1. The molecule has 1 aromatic carbocycles. The molecule has 0 aliphatic carbocycles. The Morgan fingerprint density at radius 1 is 1.45 bits per heavy atom. The Morgan fingerprint density at radius 2 is 2.30 bits per heavy atom. The summed E-state index contributed by atoms with van der Waals surface area (Å²) in [5.41, 5.74) is 8.85. The highest BCUT2D eigenvalue weighted by molar-refractivity contribution is 7.99. The number of aromatic nitrogens is 3. The second kappa shape index (κ2) is 9.04. The van der Waals surface area contributed by atoms with E-state index >= 15 is 0 Å². The van der Waals surface area contributed by atoms with Crippen molar-refractivity contribution in [2.24, 2.45) is 5.92 Å². The number of carbonyl (C=O) groups is 1. The van der Waals surface area contributed by atoms with Crippen molar-refractivity contribution >= 4 is 46.1 Å². The van der Waals surface area contributed by atoms with Crippen LogP contribution in [-0.2, 0) is 17.8 Å². The van der Waals surface area contributed by atoms with Crippen LogP contribution in [0.15, 0.2) is 34.4 Å². The van der Waals surface area contributed by atoms with E-state index in [1.54, 1.807) is 11.1 Å². The van der Waals surface area contributed by atoms with Crippen LogP contribution < -0.4 is 10.5 Å². The maximum Gasteiger partial charge on any atom is 0.251 e. The van der Waals surface area contributed by atoms with Gasteiger partial charge in [0.25, 0.3) is 5.91 Å². The molecule has 5 rings (SSSR count). The molecule has 1 saturated heterocycles. The van der Waals surface area contributed by atoms with Crippen molar-refractivity contribution in [3.05, 3.63) is 35.0 Å². The number of aliphatic hydroxyl groups is 1. The lowest BCUT2D eigenvalue weighted by Crippen LogP contribution is -2.36. The number of benzene rings is 1. The zero-order valence-corrected chi connectivity index (χ0v) is 19.9. The average Bonchev–Trinajstić information content (AvgIpc) is 3.51. The predicted molar refractivity (Wildman–Crippen MR) is 128 cm³/mol. The summed E-state index contributed by atoms with van der Waals surface area (Å²) in [6.45, 7) is 4.27. The maximum atomic E-state index is 12.1. The number of nitrogens with two attached hydrogens (primary N) is 1. The van der Waals surface area contributed by atoms with Crippen LogP contribution in [0.5, 0.6) is 5.75 Å². The number of likely N-dealkylation sites (tertiary alicyclic amines) is 1. The number of pyridine rings is 1. The number of fused-ring (bicyclic) bond motifs is 2. The Balaban J connectivity index is 1.40. The lowest BCUT2D eigenvalue weighted by molar-refractivity contribution is -0.138. The fourth-order valence-electron chi connectivity index (χ4n) is 4.54. The van der Waals surface area contributed by atoms with Crippen LogP contribution in [0, 0.1) is 5.92 Å². The Morgan fingerprint density at radius 3 is 3.12 bits per heavy atom. The number of hydrogen-bond donors (Lipinski definition) is 2. The highest BCUT2D eigenvalue weighted by atomic mass is 35.5. The molecule has 174 valence electrons. The number of carbonyl (C=O) groups excluding carboxylic acids is 1. The summed E-state index contributed by atoms with van der Waals surface area (Å²) in [4.78, 5) is 23.7. The van der Waals surface area contributed by atoms with Gasteiger partial charge >= 0.3 is 0 Å². The van der Waals surface area contributed by atoms with Gasteiger partial charge in [0, 0.05) is 37.1 Å². The first kappa shape index (κ1) is 22.3. The third-order valence-corrected chi connectivity index (χ3v) is 7.80. The van der Waals surface area contributed by atoms with E-state index in [-0.39, 0.29) is 5.91 Å². The first-order valence-electron chi connectivity index (χ1n) is 11.1. The number of ether oxygens (including phenoxy) is 1. The Kier molecular flexibility index (Phi) is 6.11. The Labute approximate surface area is 201 Å². The van der Waals surface area contributed by atoms with Crippen LogP contribution in [0.1, 0.15) is 25.3 Å². The Bertz CT molecular complexity index is 1210. The molecule has 1 fully saturated rings. The first-order valence-corrected chi connectivity index (χ1v) is 12.3. The monoisotopic (exact) mass is 487 g/mol. The predicted octanol–water partition coefficient (Wildman–Crippen LogP) is 3.37. The van der Waals surface area contributed by atoms with Crippen molar-refractivity contribution < 1.29 is 14.6 Å². The topological polar surface area (TPSA) is 106 Å². The third-order valence-electron chi connectivity index (χ3n) is 6.32. The molecule has 0 spiro atoms. The summed E-state index contributed by atoms with van der Waals surface area (Å²) in [5, 5.41) is 11.1. The minimum absolute atomic E-state index is 0.200. The minimum Gasteiger partial charge on any atom is -0.493 e. The van der Waals surface area contributed by atoms with Gasteiger partial charge in [-0.05, 0) is 61.2 Å². The fraction of sp³-hybridized carbons (Fsp3) is 0.435. The molecule has 8 nitrogen and oxygen atoms in total. The number of anilines is 1. The molecule has 1 unspecified atom stereocenters. The number of hydrogen-bond acceptors (Lipinski definition) is 7. The molecule has 2 aliphatic rings. The maximum absolute atomic E-state index is 12.1. The molecule has 4 heterocycles. The van der Waals surface area contributed by atoms with Crippen LogP contribution in [-0.4, -0.2) is 56.2 Å². The van der Waals surface area contributed by atoms with E-state index in [4.69, 9.17) is 27.1 Å². The van der Waals surface area contributed by atoms with E-state index in [0.717, 1.165) is 52.7 Å². The lowest BCUT2D eigenvalue weighted by atomic mass is 10.1. The van der Waals surface area contributed by atoms with Crippen LogP contribution in [0.4, 0.5) is 5.82 Å². The van der Waals surface area contributed by atoms with Crippen LogP contribution in [0.2, 0.25) is 5.02 Å². The summed E-state index contributed by atoms with van der Waals surface area (Å²) in [6.07, 6.45) is 3.41. The summed E-state index contributed by atoms with van der Waals surface area (Å²) < 4.78 is 7.88. The standard InChI is InChI=1S/C23H26ClN5O3S/c1-13(30)22(31)28-7-3-14(12-28)4-8-29-17-2-6-26-21(25)20(17)27-23(29)33-19-11-18-15(5-9-32-18)10-16(19)24/h2,6,10-11,13-14,30H,3-5,7-9,12H2,1H3,(H2,25,26)/t13-,14?/m0/s1. The van der Waals surface area contributed by atoms with E-state index in [2.05, 4.69) is 9.55 Å². The number of halogens is 1. The van der Waals surface area contributed by atoms with Gasteiger partial charge in [0.1, 0.15) is 17.4 Å². The molecule has 2 aliphatic heterocycles. The molecule has 3 N–H and O–H groups in total. The minimum atomic E-state index is -0.958. The summed E-state index contributed by atoms with van der Waals surface area (Å²) >= 11 is 8.08. The van der Waals surface area contributed by atoms with Gasteiger partial charge in [0.15, 0.2) is 11.0 Å². The van der Waals surface area contributed by atoms with Crippen LogP contribution >= 0.6 is 23.4 Å². The number of rotatable bonds is 6. The van der Waals surface area contributed by atoms with Gasteiger partial charge in [-0.2, -0.15) is 0 Å². The van der Waals surface area contributed by atoms with Gasteiger partial charge in [-0.3, -0.25) is 4.79 Å². The van der Waals surface area contributed by atoms with E-state index in [1.807, 2.05) is 18.2 Å². The van der Waals surface area contributed by atoms with Crippen molar-refractivity contribution in [3.8, 4) is 5.75 Å². The van der Waals surface area contributed by atoms with Crippen molar-refractivity contribution in [1.82, 2.24) is 19.4 Å². The second-order valence-corrected chi connectivity index (χ2v) is 10.0. The summed E-state index contributed by atoms with van der Waals surface area (Å²) in [5.74, 6) is 1.43. The number of aryl methyl sites for hydroxylation is 1. The molecule has 33 heavy (non-hydrogen) atoms. The molecular weight excluding hydrogens is 462 g/mol. The molecule has 0 radical (unpaired) electrons. The van der Waals surface area contributed by atoms with Crippen molar-refractivity contribution in [3.63, 3.8) is 0 Å². The molecule has 0 bridgehead atoms. The number of imidazole rings is 1. The van der Waals surface area contributed by atoms with E-state index in [9.17, 15) is 9.90 Å². The number of amides is 1. The highest BCUT2D eigenvalue weighted by Crippen LogP contribution is 2.40. The van der Waals surface area contributed by atoms with E-state index < -0.39 is 6.10 Å². The lowest BCUT2D eigenvalue weighted by Gasteiger charge is -2.18. The number of nitrogen functional groups attached to an aromatic ring is 1. The van der Waals surface area contributed by atoms with Crippen LogP contribution in [0.25, 0.3) is 11.0 Å². The van der Waals surface area contributed by atoms with Gasteiger partial charge in [-0.25, -0.2) is 9.97 Å². The number of nitrogens with zero attached hydrogens (tertiary/aromatic N) is 4. The largest absolute Gasteiger partial charge is 0.493 e.